The normalized spacial score (nSPS) is 17.2. The van der Waals surface area contributed by atoms with Gasteiger partial charge < -0.3 is 23.8 Å². The van der Waals surface area contributed by atoms with E-state index in [9.17, 15) is 9.59 Å². The number of hydrogen-bond acceptors (Lipinski definition) is 7. The highest BCUT2D eigenvalue weighted by Crippen LogP contribution is 2.33. The Bertz CT molecular complexity index is 857. The van der Waals surface area contributed by atoms with Crippen LogP contribution in [0.25, 0.3) is 0 Å². The lowest BCUT2D eigenvalue weighted by atomic mass is 9.97. The van der Waals surface area contributed by atoms with Gasteiger partial charge in [-0.15, -0.1) is 0 Å². The molecule has 1 heterocycles. The highest BCUT2D eigenvalue weighted by Gasteiger charge is 2.36. The number of unbranched alkanes of at least 4 members (excludes halogenated alkanes) is 24. The van der Waals surface area contributed by atoms with Crippen molar-refractivity contribution in [2.45, 2.75) is 257 Å². The number of carbonyl (C=O) groups excluding carboxylic acids is 2. The highest BCUT2D eigenvalue weighted by molar-refractivity contribution is 5.69. The van der Waals surface area contributed by atoms with Crippen LogP contribution in [0, 0.1) is 5.92 Å². The number of ether oxygens (including phenoxy) is 4. The van der Waals surface area contributed by atoms with Crippen LogP contribution in [0.15, 0.2) is 0 Å². The summed E-state index contributed by atoms with van der Waals surface area (Å²) in [6.45, 7) is 9.82. The zero-order valence-electron chi connectivity index (χ0n) is 38.1. The zero-order chi connectivity index (χ0) is 40.8. The van der Waals surface area contributed by atoms with Gasteiger partial charge in [-0.05, 0) is 71.9 Å². The van der Waals surface area contributed by atoms with Gasteiger partial charge in [0, 0.05) is 38.1 Å². The smallest absolute Gasteiger partial charge is 0.306 e. The Labute approximate surface area is 348 Å². The van der Waals surface area contributed by atoms with E-state index in [0.717, 1.165) is 116 Å². The van der Waals surface area contributed by atoms with Crippen molar-refractivity contribution < 1.29 is 28.5 Å². The van der Waals surface area contributed by atoms with Gasteiger partial charge in [0.15, 0.2) is 5.79 Å². The summed E-state index contributed by atoms with van der Waals surface area (Å²) >= 11 is 0. The van der Waals surface area contributed by atoms with Gasteiger partial charge in [-0.3, -0.25) is 9.59 Å². The van der Waals surface area contributed by atoms with E-state index in [1.807, 2.05) is 0 Å². The molecule has 0 saturated carbocycles. The first-order chi connectivity index (χ1) is 27.3. The van der Waals surface area contributed by atoms with Gasteiger partial charge >= 0.3 is 11.9 Å². The summed E-state index contributed by atoms with van der Waals surface area (Å²) in [5.74, 6) is -0.0815. The Kier molecular flexibility index (Phi) is 35.9. The molecule has 0 N–H and O–H groups in total. The molecule has 1 saturated heterocycles. The molecule has 1 fully saturated rings. The van der Waals surface area contributed by atoms with E-state index in [1.165, 1.54) is 116 Å². The van der Waals surface area contributed by atoms with E-state index in [-0.39, 0.29) is 18.0 Å². The van der Waals surface area contributed by atoms with Crippen LogP contribution in [-0.4, -0.2) is 69.2 Å². The molecule has 1 rings (SSSR count). The molecule has 332 valence electrons. The summed E-state index contributed by atoms with van der Waals surface area (Å²) in [4.78, 5) is 27.2. The molecule has 0 unspecified atom stereocenters. The van der Waals surface area contributed by atoms with Crippen LogP contribution >= 0.6 is 0 Å². The van der Waals surface area contributed by atoms with E-state index in [1.54, 1.807) is 0 Å². The van der Waals surface area contributed by atoms with Crippen LogP contribution in [0.3, 0.4) is 0 Å². The second-order valence-corrected chi connectivity index (χ2v) is 17.8. The summed E-state index contributed by atoms with van der Waals surface area (Å²) in [5.41, 5.74) is 0. The zero-order valence-corrected chi connectivity index (χ0v) is 38.1. The first-order valence-electron chi connectivity index (χ1n) is 24.6. The molecule has 0 aromatic heterocycles. The molecule has 1 aliphatic rings. The van der Waals surface area contributed by atoms with Crippen molar-refractivity contribution in [2.75, 3.05) is 40.5 Å². The van der Waals surface area contributed by atoms with Gasteiger partial charge in [0.05, 0.1) is 19.8 Å². The van der Waals surface area contributed by atoms with Gasteiger partial charge in [0.1, 0.15) is 6.10 Å². The summed E-state index contributed by atoms with van der Waals surface area (Å²) in [6, 6.07) is 0. The van der Waals surface area contributed by atoms with E-state index >= 15 is 0 Å². The molecule has 56 heavy (non-hydrogen) atoms. The average Bonchev–Trinajstić information content (AvgIpc) is 3.18. The van der Waals surface area contributed by atoms with Gasteiger partial charge in [-0.1, -0.05) is 162 Å². The third-order valence-corrected chi connectivity index (χ3v) is 11.7. The molecule has 0 aromatic rings. The van der Waals surface area contributed by atoms with Crippen LogP contribution in [-0.2, 0) is 28.5 Å². The van der Waals surface area contributed by atoms with Crippen molar-refractivity contribution in [3.63, 3.8) is 0 Å². The van der Waals surface area contributed by atoms with Gasteiger partial charge in [0.2, 0.25) is 0 Å². The largest absolute Gasteiger partial charge is 0.466 e. The second-order valence-electron chi connectivity index (χ2n) is 17.8. The molecule has 7 nitrogen and oxygen atoms in total. The molecule has 0 aromatic carbocycles. The summed E-state index contributed by atoms with van der Waals surface area (Å²) < 4.78 is 24.7. The molecule has 0 bridgehead atoms. The molecule has 0 amide bonds. The van der Waals surface area contributed by atoms with Crippen LogP contribution in [0.1, 0.15) is 245 Å². The maximum atomic E-state index is 12.9. The minimum absolute atomic E-state index is 0.0131. The minimum Gasteiger partial charge on any atom is -0.466 e. The molecular weight excluding hydrogens is 699 g/mol. The van der Waals surface area contributed by atoms with Gasteiger partial charge in [-0.25, -0.2) is 0 Å². The third-order valence-electron chi connectivity index (χ3n) is 11.7. The Balaban J connectivity index is 2.32. The van der Waals surface area contributed by atoms with Crippen LogP contribution in [0.5, 0.6) is 0 Å². The van der Waals surface area contributed by atoms with Gasteiger partial charge in [-0.2, -0.15) is 0 Å². The fraction of sp³-hybridized carbons (Fsp3) is 0.959. The second kappa shape index (κ2) is 38.0. The van der Waals surface area contributed by atoms with Crippen molar-refractivity contribution >= 4 is 11.9 Å². The van der Waals surface area contributed by atoms with Crippen molar-refractivity contribution in [1.29, 1.82) is 0 Å². The van der Waals surface area contributed by atoms with Crippen LogP contribution in [0.2, 0.25) is 0 Å². The van der Waals surface area contributed by atoms with Gasteiger partial charge in [0.25, 0.3) is 0 Å². The van der Waals surface area contributed by atoms with Crippen molar-refractivity contribution in [3.05, 3.63) is 0 Å². The summed E-state index contributed by atoms with van der Waals surface area (Å²) in [6.07, 6.45) is 39.9. The fourth-order valence-electron chi connectivity index (χ4n) is 8.18. The highest BCUT2D eigenvalue weighted by atomic mass is 16.7. The maximum Gasteiger partial charge on any atom is 0.306 e. The summed E-state index contributed by atoms with van der Waals surface area (Å²) in [5, 5.41) is 0. The topological polar surface area (TPSA) is 74.3 Å². The number of esters is 2. The maximum absolute atomic E-state index is 12.9. The van der Waals surface area contributed by atoms with Crippen molar-refractivity contribution in [3.8, 4) is 0 Å². The van der Waals surface area contributed by atoms with Crippen molar-refractivity contribution in [1.82, 2.24) is 4.90 Å². The third kappa shape index (κ3) is 31.8. The number of nitrogens with zero attached hydrogens (tertiary/aromatic N) is 1. The minimum atomic E-state index is -0.476. The molecule has 0 spiro atoms. The SMILES string of the molecule is CCCCCCCCCCC(=O)OCCCCCCC1(CCCCCCCC(=O)OC(CCCCCCCC)CCCCCCCC)OCC(CN(C)C)CO1. The molecule has 0 aliphatic carbocycles. The Hall–Kier alpha value is -1.18. The van der Waals surface area contributed by atoms with E-state index in [2.05, 4.69) is 39.8 Å². The quantitative estimate of drug-likeness (QED) is 0.0451. The Morgan fingerprint density at radius 1 is 0.536 bits per heavy atom. The molecule has 1 aliphatic heterocycles. The number of rotatable bonds is 41. The Morgan fingerprint density at radius 2 is 0.929 bits per heavy atom. The molecule has 0 atom stereocenters. The number of carbonyl (C=O) groups is 2. The predicted octanol–water partition coefficient (Wildman–Crippen LogP) is 14.1. The van der Waals surface area contributed by atoms with Crippen LogP contribution in [0.4, 0.5) is 0 Å². The van der Waals surface area contributed by atoms with Crippen LogP contribution < -0.4 is 0 Å². The monoisotopic (exact) mass is 794 g/mol. The first kappa shape index (κ1) is 52.8. The lowest BCUT2D eigenvalue weighted by Gasteiger charge is -2.41. The average molecular weight is 794 g/mol. The lowest BCUT2D eigenvalue weighted by Crippen LogP contribution is -2.46. The predicted molar refractivity (Wildman–Crippen MR) is 236 cm³/mol. The molecule has 7 heteroatoms. The summed E-state index contributed by atoms with van der Waals surface area (Å²) in [7, 11) is 4.22. The van der Waals surface area contributed by atoms with E-state index in [4.69, 9.17) is 18.9 Å². The lowest BCUT2D eigenvalue weighted by molar-refractivity contribution is -0.290. The van der Waals surface area contributed by atoms with E-state index < -0.39 is 5.79 Å². The van der Waals surface area contributed by atoms with Crippen molar-refractivity contribution in [2.24, 2.45) is 5.92 Å². The standard InChI is InChI=1S/C49H95NO6/c1-6-9-12-15-18-19-23-30-37-47(51)53-41-34-27-26-33-40-49(54-43-45(44-55-49)42-50(4)5)39-32-25-20-24-31-38-48(52)56-46(35-28-21-16-13-10-7-2)36-29-22-17-14-11-8-3/h45-46H,6-44H2,1-5H3. The molecular formula is C49H95NO6. The fourth-order valence-corrected chi connectivity index (χ4v) is 8.18. The number of hydrogen-bond donors (Lipinski definition) is 0. The van der Waals surface area contributed by atoms with E-state index in [0.29, 0.717) is 25.4 Å². The first-order valence-corrected chi connectivity index (χ1v) is 24.6. The molecule has 0 radical (unpaired) electrons. The Morgan fingerprint density at radius 3 is 1.39 bits per heavy atom.